The van der Waals surface area contributed by atoms with Crippen LogP contribution in [0.1, 0.15) is 16.7 Å². The van der Waals surface area contributed by atoms with Gasteiger partial charge in [-0.15, -0.1) is 0 Å². The molecule has 7 heteroatoms. The van der Waals surface area contributed by atoms with Gasteiger partial charge in [-0.05, 0) is 36.9 Å². The van der Waals surface area contributed by atoms with E-state index in [1.54, 1.807) is 6.33 Å². The summed E-state index contributed by atoms with van der Waals surface area (Å²) in [7, 11) is 20.7. The minimum Gasteiger partial charge on any atom is -0.340 e. The number of nitrogens with one attached hydrogen (secondary N) is 1. The first-order valence-corrected chi connectivity index (χ1v) is 9.54. The van der Waals surface area contributed by atoms with Gasteiger partial charge in [0.05, 0.1) is 18.2 Å². The number of hydrogen-bond donors (Lipinski definition) is 1. The fourth-order valence-corrected chi connectivity index (χ4v) is 3.62. The molecule has 2 aromatic heterocycles. The van der Waals surface area contributed by atoms with Crippen LogP contribution in [0, 0.1) is 13.8 Å². The third kappa shape index (κ3) is 3.34. The van der Waals surface area contributed by atoms with Crippen LogP contribution in [-0.4, -0.2) is 38.1 Å². The molecule has 6 radical (unpaired) electrons. The maximum Gasteiger partial charge on any atom is 0.130 e. The van der Waals surface area contributed by atoms with E-state index >= 15 is 0 Å². The van der Waals surface area contributed by atoms with Crippen molar-refractivity contribution in [2.24, 2.45) is 7.05 Å². The Labute approximate surface area is 180 Å². The predicted octanol–water partition coefficient (Wildman–Crippen LogP) is 1.72. The Morgan fingerprint density at radius 2 is 1.70 bits per heavy atom. The van der Waals surface area contributed by atoms with Crippen molar-refractivity contribution in [2.75, 3.05) is 5.32 Å². The van der Waals surface area contributed by atoms with Crippen molar-refractivity contribution < 1.29 is 0 Å². The van der Waals surface area contributed by atoms with E-state index in [4.69, 9.17) is 23.5 Å². The largest absolute Gasteiger partial charge is 0.340 e. The number of benzene rings is 2. The van der Waals surface area contributed by atoms with Crippen molar-refractivity contribution in [1.82, 2.24) is 14.5 Å². The summed E-state index contributed by atoms with van der Waals surface area (Å²) in [5, 5.41) is 5.31. The molecule has 0 amide bonds. The van der Waals surface area contributed by atoms with Gasteiger partial charge in [0, 0.05) is 29.9 Å². The second-order valence-corrected chi connectivity index (χ2v) is 7.49. The summed E-state index contributed by atoms with van der Waals surface area (Å²) in [4.78, 5) is 8.70. The highest BCUT2D eigenvalue weighted by Crippen LogP contribution is 2.26. The lowest BCUT2D eigenvalue weighted by atomic mass is 9.68. The number of rotatable bonds is 4. The van der Waals surface area contributed by atoms with Crippen LogP contribution in [0.15, 0.2) is 49.6 Å². The Kier molecular flexibility index (Phi) is 5.06. The monoisotopic (exact) mass is 384 g/mol. The summed E-state index contributed by atoms with van der Waals surface area (Å²) in [6.07, 6.45) is 5.45. The molecule has 0 unspecified atom stereocenters. The Hall–Kier alpha value is -3.21. The number of fused-ring (bicyclic) bond motifs is 1. The average molecular weight is 384 g/mol. The maximum absolute atomic E-state index is 6.32. The quantitative estimate of drug-likeness (QED) is 0.546. The van der Waals surface area contributed by atoms with Crippen molar-refractivity contribution >= 4 is 62.2 Å². The van der Waals surface area contributed by atoms with Crippen LogP contribution in [0.25, 0.3) is 27.7 Å². The summed E-state index contributed by atoms with van der Waals surface area (Å²) in [6, 6.07) is 8.19. The number of aryl methyl sites for hydroxylation is 1. The predicted molar refractivity (Wildman–Crippen MR) is 129 cm³/mol. The molecule has 0 atom stereocenters. The highest BCUT2D eigenvalue weighted by atomic mass is 15.0. The molecule has 0 spiro atoms. The molecule has 140 valence electrons. The zero-order chi connectivity index (χ0) is 21.6. The Morgan fingerprint density at radius 3 is 2.40 bits per heavy atom. The second-order valence-electron chi connectivity index (χ2n) is 7.49. The van der Waals surface area contributed by atoms with Gasteiger partial charge in [0.15, 0.2) is 0 Å². The van der Waals surface area contributed by atoms with E-state index in [0.717, 1.165) is 33.2 Å². The fourth-order valence-electron chi connectivity index (χ4n) is 3.62. The highest BCUT2D eigenvalue weighted by Gasteiger charge is 2.14. The summed E-state index contributed by atoms with van der Waals surface area (Å²) >= 11 is 0. The minimum atomic E-state index is 0.424. The number of pyridine rings is 1. The van der Waals surface area contributed by atoms with Gasteiger partial charge in [-0.25, -0.2) is 9.97 Å². The molecule has 0 aliphatic rings. The molecule has 0 aliphatic carbocycles. The average Bonchev–Trinajstić information content (AvgIpc) is 3.16. The van der Waals surface area contributed by atoms with Crippen LogP contribution in [0.4, 0.5) is 5.82 Å². The molecule has 1 N–H and O–H groups in total. The third-order valence-corrected chi connectivity index (χ3v) is 5.61. The SMILES string of the molecule is [B]c1c([B])c(C(=C)Nc2cc3cc(-c4cncn4C)ccc3cn2)c([B])c(C)c1C. The van der Waals surface area contributed by atoms with Crippen LogP contribution in [0.2, 0.25) is 0 Å². The number of imidazole rings is 1. The lowest BCUT2D eigenvalue weighted by Gasteiger charge is -2.22. The first-order chi connectivity index (χ1) is 14.3. The Bertz CT molecular complexity index is 1280. The fraction of sp³-hybridized carbons (Fsp3) is 0.130. The zero-order valence-electron chi connectivity index (χ0n) is 17.3. The normalized spacial score (nSPS) is 11.0. The van der Waals surface area contributed by atoms with Gasteiger partial charge in [-0.1, -0.05) is 46.2 Å². The van der Waals surface area contributed by atoms with E-state index < -0.39 is 0 Å². The lowest BCUT2D eigenvalue weighted by molar-refractivity contribution is 0.921. The van der Waals surface area contributed by atoms with E-state index in [1.165, 1.54) is 0 Å². The molecule has 0 saturated heterocycles. The second kappa shape index (κ2) is 7.56. The van der Waals surface area contributed by atoms with Gasteiger partial charge in [-0.2, -0.15) is 0 Å². The Balaban J connectivity index is 1.71. The molecule has 0 saturated carbocycles. The first kappa shape index (κ1) is 20.1. The number of anilines is 1. The van der Waals surface area contributed by atoms with Crippen molar-refractivity contribution in [2.45, 2.75) is 13.8 Å². The molecule has 2 aromatic carbocycles. The minimum absolute atomic E-state index is 0.424. The van der Waals surface area contributed by atoms with Crippen LogP contribution in [-0.2, 0) is 7.05 Å². The van der Waals surface area contributed by atoms with E-state index in [0.29, 0.717) is 33.5 Å². The smallest absolute Gasteiger partial charge is 0.130 e. The maximum atomic E-state index is 6.32. The first-order valence-electron chi connectivity index (χ1n) is 9.54. The molecular formula is C23H19B3N4. The van der Waals surface area contributed by atoms with Gasteiger partial charge in [0.1, 0.15) is 29.4 Å². The summed E-state index contributed by atoms with van der Waals surface area (Å²) in [5.74, 6) is 0.644. The van der Waals surface area contributed by atoms with E-state index in [9.17, 15) is 0 Å². The zero-order valence-corrected chi connectivity index (χ0v) is 17.3. The van der Waals surface area contributed by atoms with Crippen LogP contribution < -0.4 is 21.7 Å². The Morgan fingerprint density at radius 1 is 0.967 bits per heavy atom. The number of hydrogen-bond acceptors (Lipinski definition) is 3. The number of aromatic nitrogens is 3. The molecule has 4 nitrogen and oxygen atoms in total. The van der Waals surface area contributed by atoms with E-state index in [-0.39, 0.29) is 0 Å². The summed E-state index contributed by atoms with van der Waals surface area (Å²) in [6.45, 7) is 7.95. The van der Waals surface area contributed by atoms with Gasteiger partial charge in [0.2, 0.25) is 0 Å². The lowest BCUT2D eigenvalue weighted by Crippen LogP contribution is -2.39. The number of nitrogens with zero attached hydrogens (tertiary/aromatic N) is 3. The third-order valence-electron chi connectivity index (χ3n) is 5.61. The van der Waals surface area contributed by atoms with Gasteiger partial charge < -0.3 is 9.88 Å². The topological polar surface area (TPSA) is 42.7 Å². The van der Waals surface area contributed by atoms with Crippen LogP contribution >= 0.6 is 0 Å². The highest BCUT2D eigenvalue weighted by molar-refractivity contribution is 6.53. The molecule has 4 rings (SSSR count). The van der Waals surface area contributed by atoms with Gasteiger partial charge in [-0.3, -0.25) is 0 Å². The summed E-state index contributed by atoms with van der Waals surface area (Å²) < 4.78 is 1.99. The molecule has 30 heavy (non-hydrogen) atoms. The van der Waals surface area contributed by atoms with Crippen molar-refractivity contribution in [3.05, 3.63) is 66.3 Å². The molecular weight excluding hydrogens is 365 g/mol. The molecule has 0 bridgehead atoms. The van der Waals surface area contributed by atoms with E-state index in [1.807, 2.05) is 50.0 Å². The molecule has 0 fully saturated rings. The summed E-state index contributed by atoms with van der Waals surface area (Å²) in [5.41, 5.74) is 6.57. The molecule has 4 aromatic rings. The van der Waals surface area contributed by atoms with E-state index in [2.05, 4.69) is 34.0 Å². The van der Waals surface area contributed by atoms with Crippen LogP contribution in [0.3, 0.4) is 0 Å². The van der Waals surface area contributed by atoms with Crippen LogP contribution in [0.5, 0.6) is 0 Å². The standard InChI is InChI=1S/C23H19B3N4/c1-12-13(2)22(25)23(26)20(21(12)24)14(3)29-19-8-17-7-15(5-6-16(17)9-28-19)18-10-27-11-30(18)4/h5-11H,3H2,1-2,4H3,(H,28,29). The molecule has 2 heterocycles. The van der Waals surface area contributed by atoms with Crippen molar-refractivity contribution in [1.29, 1.82) is 0 Å². The molecule has 0 aliphatic heterocycles. The van der Waals surface area contributed by atoms with Gasteiger partial charge in [0.25, 0.3) is 0 Å². The van der Waals surface area contributed by atoms with Crippen molar-refractivity contribution in [3.8, 4) is 11.3 Å². The van der Waals surface area contributed by atoms with Crippen molar-refractivity contribution in [3.63, 3.8) is 0 Å². The van der Waals surface area contributed by atoms with Gasteiger partial charge >= 0.3 is 0 Å².